The molecule has 0 aliphatic heterocycles. The van der Waals surface area contributed by atoms with Gasteiger partial charge >= 0.3 is 5.97 Å². The van der Waals surface area contributed by atoms with Gasteiger partial charge in [0.1, 0.15) is 17.5 Å². The number of benzene rings is 5. The van der Waals surface area contributed by atoms with Gasteiger partial charge in [-0.25, -0.2) is 4.79 Å². The molecular formula is C40H40N2O5. The number of anilines is 2. The molecule has 0 aliphatic rings. The number of hydrogen-bond donors (Lipinski definition) is 2. The third-order valence-electron chi connectivity index (χ3n) is 7.88. The summed E-state index contributed by atoms with van der Waals surface area (Å²) in [6, 6.07) is 39.7. The molecule has 2 N–H and O–H groups in total. The largest absolute Gasteiger partial charge is 0.496 e. The first-order valence-corrected chi connectivity index (χ1v) is 15.7. The molecule has 7 heteroatoms. The van der Waals surface area contributed by atoms with Gasteiger partial charge in [0.05, 0.1) is 20.8 Å². The van der Waals surface area contributed by atoms with Crippen LogP contribution in [0.2, 0.25) is 0 Å². The number of methoxy groups -OCH3 is 2. The molecule has 47 heavy (non-hydrogen) atoms. The molecule has 0 spiro atoms. The maximum absolute atomic E-state index is 13.2. The Bertz CT molecular complexity index is 1750. The number of ketones is 1. The van der Waals surface area contributed by atoms with Gasteiger partial charge in [0.15, 0.2) is 5.78 Å². The molecule has 5 aromatic carbocycles. The number of ether oxygens (including phenoxy) is 3. The van der Waals surface area contributed by atoms with Gasteiger partial charge in [-0.1, -0.05) is 91.0 Å². The highest BCUT2D eigenvalue weighted by Crippen LogP contribution is 2.25. The van der Waals surface area contributed by atoms with Crippen molar-refractivity contribution < 1.29 is 23.8 Å². The minimum atomic E-state index is -0.687. The van der Waals surface area contributed by atoms with Crippen LogP contribution in [0.5, 0.6) is 11.5 Å². The molecule has 240 valence electrons. The summed E-state index contributed by atoms with van der Waals surface area (Å²) < 4.78 is 16.6. The predicted molar refractivity (Wildman–Crippen MR) is 187 cm³/mol. The van der Waals surface area contributed by atoms with E-state index in [9.17, 15) is 9.59 Å². The smallest absolute Gasteiger partial charge is 0.328 e. The van der Waals surface area contributed by atoms with Crippen LogP contribution >= 0.6 is 0 Å². The van der Waals surface area contributed by atoms with E-state index in [4.69, 9.17) is 14.2 Å². The summed E-state index contributed by atoms with van der Waals surface area (Å²) in [7, 11) is 3.06. The average molecular weight is 629 g/mol. The van der Waals surface area contributed by atoms with Gasteiger partial charge in [0, 0.05) is 41.9 Å². The molecule has 0 saturated heterocycles. The maximum Gasteiger partial charge on any atom is 0.328 e. The highest BCUT2D eigenvalue weighted by Gasteiger charge is 2.22. The van der Waals surface area contributed by atoms with E-state index in [2.05, 4.69) is 34.9 Å². The van der Waals surface area contributed by atoms with Gasteiger partial charge in [0.2, 0.25) is 0 Å². The van der Waals surface area contributed by atoms with Gasteiger partial charge in [-0.15, -0.1) is 0 Å². The van der Waals surface area contributed by atoms with E-state index in [1.165, 1.54) is 12.7 Å². The molecule has 7 nitrogen and oxygen atoms in total. The number of hydrogen-bond acceptors (Lipinski definition) is 7. The van der Waals surface area contributed by atoms with Crippen molar-refractivity contribution >= 4 is 23.1 Å². The second-order valence-corrected chi connectivity index (χ2v) is 11.1. The van der Waals surface area contributed by atoms with Crippen LogP contribution in [0.15, 0.2) is 127 Å². The molecule has 0 aromatic heterocycles. The summed E-state index contributed by atoms with van der Waals surface area (Å²) in [6.07, 6.45) is 1.97. The first-order chi connectivity index (χ1) is 23.1. The monoisotopic (exact) mass is 628 g/mol. The van der Waals surface area contributed by atoms with Crippen LogP contribution in [0.25, 0.3) is 0 Å². The Morgan fingerprint density at radius 2 is 1.36 bits per heavy atom. The Labute approximate surface area is 276 Å². The molecule has 0 radical (unpaired) electrons. The van der Waals surface area contributed by atoms with Crippen molar-refractivity contribution in [2.75, 3.05) is 38.0 Å². The molecular weight excluding hydrogens is 588 g/mol. The standard InChI is InChI=1S/C40H40N2O5/c1-45-38-20-11-7-16-32(38)28-31-15-6-9-18-35(31)41-25-12-26-47-33-23-21-29(22-24-33)27-37(40(44)46-2)42-36-19-10-8-17-34(36)39(43)30-13-4-3-5-14-30/h3-11,13-24,37,41-42H,12,25-28H2,1-2H3. The molecule has 5 aromatic rings. The molecule has 5 rings (SSSR count). The summed E-state index contributed by atoms with van der Waals surface area (Å²) >= 11 is 0. The molecule has 0 bridgehead atoms. The first kappa shape index (κ1) is 32.8. The lowest BCUT2D eigenvalue weighted by Gasteiger charge is -2.20. The van der Waals surface area contributed by atoms with Crippen molar-refractivity contribution in [2.45, 2.75) is 25.3 Å². The topological polar surface area (TPSA) is 85.9 Å². The summed E-state index contributed by atoms with van der Waals surface area (Å²) in [6.45, 7) is 1.32. The number of para-hydroxylation sites is 3. The average Bonchev–Trinajstić information content (AvgIpc) is 3.12. The third-order valence-corrected chi connectivity index (χ3v) is 7.88. The summed E-state index contributed by atoms with van der Waals surface area (Å²) in [5.41, 5.74) is 6.03. The fourth-order valence-electron chi connectivity index (χ4n) is 5.42. The predicted octanol–water partition coefficient (Wildman–Crippen LogP) is 7.59. The van der Waals surface area contributed by atoms with Crippen molar-refractivity contribution in [3.8, 4) is 11.5 Å². The zero-order valence-electron chi connectivity index (χ0n) is 26.8. The van der Waals surface area contributed by atoms with Crippen LogP contribution in [0.1, 0.15) is 39.0 Å². The summed E-state index contributed by atoms with van der Waals surface area (Å²) in [5.74, 6) is 1.11. The van der Waals surface area contributed by atoms with Crippen LogP contribution in [0.3, 0.4) is 0 Å². The molecule has 0 heterocycles. The molecule has 0 aliphatic carbocycles. The van der Waals surface area contributed by atoms with Gasteiger partial charge in [-0.2, -0.15) is 0 Å². The molecule has 0 fully saturated rings. The maximum atomic E-state index is 13.2. The zero-order chi connectivity index (χ0) is 32.8. The van der Waals surface area contributed by atoms with Crippen molar-refractivity contribution in [1.82, 2.24) is 0 Å². The van der Waals surface area contributed by atoms with E-state index in [-0.39, 0.29) is 5.78 Å². The van der Waals surface area contributed by atoms with E-state index in [1.807, 2.05) is 78.9 Å². The number of rotatable bonds is 16. The normalized spacial score (nSPS) is 11.3. The minimum Gasteiger partial charge on any atom is -0.496 e. The van der Waals surface area contributed by atoms with Gasteiger partial charge in [0.25, 0.3) is 0 Å². The minimum absolute atomic E-state index is 0.119. The fourth-order valence-corrected chi connectivity index (χ4v) is 5.42. The van der Waals surface area contributed by atoms with Crippen LogP contribution < -0.4 is 20.1 Å². The van der Waals surface area contributed by atoms with Crippen molar-refractivity contribution in [2.24, 2.45) is 0 Å². The molecule has 0 saturated carbocycles. The van der Waals surface area contributed by atoms with E-state index >= 15 is 0 Å². The molecule has 1 unspecified atom stereocenters. The zero-order valence-corrected chi connectivity index (χ0v) is 26.8. The van der Waals surface area contributed by atoms with Gasteiger partial charge in [-0.05, 0) is 59.5 Å². The quantitative estimate of drug-likeness (QED) is 0.0662. The lowest BCUT2D eigenvalue weighted by atomic mass is 10.00. The van der Waals surface area contributed by atoms with E-state index in [0.717, 1.165) is 47.7 Å². The highest BCUT2D eigenvalue weighted by atomic mass is 16.5. The third kappa shape index (κ3) is 9.01. The van der Waals surface area contributed by atoms with Crippen LogP contribution in [0, 0.1) is 0 Å². The Balaban J connectivity index is 1.13. The summed E-state index contributed by atoms with van der Waals surface area (Å²) in [4.78, 5) is 26.0. The number of carbonyl (C=O) groups excluding carboxylic acids is 2. The Morgan fingerprint density at radius 3 is 2.11 bits per heavy atom. The lowest BCUT2D eigenvalue weighted by Crippen LogP contribution is -2.33. The van der Waals surface area contributed by atoms with E-state index < -0.39 is 12.0 Å². The van der Waals surface area contributed by atoms with E-state index in [1.54, 1.807) is 31.4 Å². The van der Waals surface area contributed by atoms with Crippen LogP contribution in [-0.4, -0.2) is 45.2 Å². The van der Waals surface area contributed by atoms with Crippen molar-refractivity contribution in [3.05, 3.63) is 155 Å². The molecule has 0 amide bonds. The summed E-state index contributed by atoms with van der Waals surface area (Å²) in [5, 5.41) is 6.81. The van der Waals surface area contributed by atoms with E-state index in [0.29, 0.717) is 29.8 Å². The number of nitrogens with one attached hydrogen (secondary N) is 2. The molecule has 1 atom stereocenters. The highest BCUT2D eigenvalue weighted by molar-refractivity contribution is 6.12. The Morgan fingerprint density at radius 1 is 0.702 bits per heavy atom. The second-order valence-electron chi connectivity index (χ2n) is 11.1. The van der Waals surface area contributed by atoms with Crippen LogP contribution in [-0.2, 0) is 22.4 Å². The second kappa shape index (κ2) is 16.7. The SMILES string of the molecule is COC(=O)C(Cc1ccc(OCCCNc2ccccc2Cc2ccccc2OC)cc1)Nc1ccccc1C(=O)c1ccccc1. The Kier molecular flexibility index (Phi) is 11.6. The van der Waals surface area contributed by atoms with Crippen molar-refractivity contribution in [3.63, 3.8) is 0 Å². The number of esters is 1. The number of carbonyl (C=O) groups is 2. The van der Waals surface area contributed by atoms with Crippen LogP contribution in [0.4, 0.5) is 11.4 Å². The lowest BCUT2D eigenvalue weighted by molar-refractivity contribution is -0.141. The Hall–Kier alpha value is -5.56. The van der Waals surface area contributed by atoms with Gasteiger partial charge < -0.3 is 24.8 Å². The van der Waals surface area contributed by atoms with Gasteiger partial charge in [-0.3, -0.25) is 4.79 Å². The fraction of sp³-hybridized carbons (Fsp3) is 0.200. The first-order valence-electron chi connectivity index (χ1n) is 15.7. The van der Waals surface area contributed by atoms with Crippen molar-refractivity contribution in [1.29, 1.82) is 0 Å².